The maximum Gasteiger partial charge on any atom is 0.195 e. The first-order chi connectivity index (χ1) is 15.2. The van der Waals surface area contributed by atoms with Crippen LogP contribution in [0.2, 0.25) is 0 Å². The molecule has 3 aromatic rings. The van der Waals surface area contributed by atoms with Gasteiger partial charge in [0, 0.05) is 50.2 Å². The van der Waals surface area contributed by atoms with E-state index in [-0.39, 0.29) is 24.0 Å². The van der Waals surface area contributed by atoms with Crippen molar-refractivity contribution in [2.75, 3.05) is 32.1 Å². The Kier molecular flexibility index (Phi) is 10.9. The quantitative estimate of drug-likeness (QED) is 0.220. The normalized spacial score (nSPS) is 10.9. The number of aliphatic imine (C=N–C) groups is 1. The number of hydrogen-bond donors (Lipinski definition) is 2. The number of ether oxygens (including phenoxy) is 2. The molecule has 3 rings (SSSR count). The molecule has 2 aromatic carbocycles. The lowest BCUT2D eigenvalue weighted by molar-refractivity contribution is 0.311. The Labute approximate surface area is 207 Å². The number of rotatable bonds is 10. The third kappa shape index (κ3) is 7.44. The SMILES string of the molecule is CCNC(=NCCc1nccn1Cc1ccccc1)Nc1ccc(OCC)c(OC)c1.I. The fourth-order valence-electron chi connectivity index (χ4n) is 3.22. The van der Waals surface area contributed by atoms with Gasteiger partial charge in [0.25, 0.3) is 0 Å². The van der Waals surface area contributed by atoms with Crippen molar-refractivity contribution in [1.29, 1.82) is 0 Å². The molecule has 172 valence electrons. The molecule has 32 heavy (non-hydrogen) atoms. The average molecular weight is 549 g/mol. The smallest absolute Gasteiger partial charge is 0.195 e. The van der Waals surface area contributed by atoms with Gasteiger partial charge in [-0.3, -0.25) is 4.99 Å². The number of guanidine groups is 1. The summed E-state index contributed by atoms with van der Waals surface area (Å²) in [5, 5.41) is 6.62. The number of methoxy groups -OCH3 is 1. The van der Waals surface area contributed by atoms with Gasteiger partial charge < -0.3 is 24.7 Å². The Balaban J connectivity index is 0.00000363. The van der Waals surface area contributed by atoms with Crippen molar-refractivity contribution in [3.8, 4) is 11.5 Å². The lowest BCUT2D eigenvalue weighted by Gasteiger charge is -2.14. The van der Waals surface area contributed by atoms with Crippen LogP contribution in [0.25, 0.3) is 0 Å². The Morgan fingerprint density at radius 2 is 1.91 bits per heavy atom. The minimum Gasteiger partial charge on any atom is -0.493 e. The maximum absolute atomic E-state index is 5.59. The van der Waals surface area contributed by atoms with E-state index in [1.54, 1.807) is 7.11 Å². The first-order valence-electron chi connectivity index (χ1n) is 10.6. The molecule has 0 bridgehead atoms. The van der Waals surface area contributed by atoms with E-state index >= 15 is 0 Å². The molecular weight excluding hydrogens is 517 g/mol. The molecule has 0 amide bonds. The molecule has 0 saturated heterocycles. The van der Waals surface area contributed by atoms with E-state index in [0.29, 0.717) is 18.9 Å². The molecule has 1 aromatic heterocycles. The van der Waals surface area contributed by atoms with Crippen molar-refractivity contribution in [2.24, 2.45) is 4.99 Å². The van der Waals surface area contributed by atoms with Gasteiger partial charge in [0.2, 0.25) is 0 Å². The molecule has 0 aliphatic carbocycles. The number of imidazole rings is 1. The van der Waals surface area contributed by atoms with Crippen LogP contribution < -0.4 is 20.1 Å². The van der Waals surface area contributed by atoms with E-state index in [0.717, 1.165) is 42.7 Å². The van der Waals surface area contributed by atoms with Gasteiger partial charge in [0.15, 0.2) is 17.5 Å². The van der Waals surface area contributed by atoms with Crippen LogP contribution in [-0.2, 0) is 13.0 Å². The Hall–Kier alpha value is -2.75. The number of anilines is 1. The van der Waals surface area contributed by atoms with E-state index in [9.17, 15) is 0 Å². The zero-order valence-corrected chi connectivity index (χ0v) is 21.2. The van der Waals surface area contributed by atoms with Crippen LogP contribution in [-0.4, -0.2) is 42.3 Å². The summed E-state index contributed by atoms with van der Waals surface area (Å²) in [6.07, 6.45) is 4.61. The minimum absolute atomic E-state index is 0. The van der Waals surface area contributed by atoms with Gasteiger partial charge in [-0.25, -0.2) is 4.98 Å². The summed E-state index contributed by atoms with van der Waals surface area (Å²) in [6.45, 7) is 6.78. The summed E-state index contributed by atoms with van der Waals surface area (Å²) in [6, 6.07) is 16.1. The van der Waals surface area contributed by atoms with Crippen LogP contribution >= 0.6 is 24.0 Å². The molecule has 8 heteroatoms. The van der Waals surface area contributed by atoms with E-state index in [2.05, 4.69) is 44.5 Å². The number of aromatic nitrogens is 2. The first-order valence-corrected chi connectivity index (χ1v) is 10.6. The largest absolute Gasteiger partial charge is 0.493 e. The highest BCUT2D eigenvalue weighted by Gasteiger charge is 2.08. The second-order valence-electron chi connectivity index (χ2n) is 6.89. The minimum atomic E-state index is 0. The predicted octanol–water partition coefficient (Wildman–Crippen LogP) is 4.58. The van der Waals surface area contributed by atoms with Gasteiger partial charge in [-0.2, -0.15) is 0 Å². The highest BCUT2D eigenvalue weighted by Crippen LogP contribution is 2.30. The zero-order chi connectivity index (χ0) is 21.9. The second kappa shape index (κ2) is 13.6. The summed E-state index contributed by atoms with van der Waals surface area (Å²) in [5.41, 5.74) is 2.13. The van der Waals surface area contributed by atoms with Crippen molar-refractivity contribution >= 4 is 35.6 Å². The Bertz CT molecular complexity index is 976. The van der Waals surface area contributed by atoms with Crippen LogP contribution in [0.4, 0.5) is 5.69 Å². The van der Waals surface area contributed by atoms with Crippen LogP contribution in [0.15, 0.2) is 65.9 Å². The van der Waals surface area contributed by atoms with E-state index in [4.69, 9.17) is 14.5 Å². The fourth-order valence-corrected chi connectivity index (χ4v) is 3.22. The Morgan fingerprint density at radius 1 is 1.09 bits per heavy atom. The molecule has 1 heterocycles. The maximum atomic E-state index is 5.59. The van der Waals surface area contributed by atoms with E-state index in [1.807, 2.05) is 50.5 Å². The standard InChI is InChI=1S/C24H31N5O2.HI/c1-4-25-24(28-20-11-12-21(31-5-2)22(17-20)30-3)27-14-13-23-26-15-16-29(23)18-19-9-7-6-8-10-19;/h6-12,15-17H,4-5,13-14,18H2,1-3H3,(H2,25,27,28);1H. The summed E-state index contributed by atoms with van der Waals surface area (Å²) < 4.78 is 13.2. The molecule has 0 fully saturated rings. The number of benzene rings is 2. The molecular formula is C24H32IN5O2. The number of halogens is 1. The van der Waals surface area contributed by atoms with Crippen molar-refractivity contribution < 1.29 is 9.47 Å². The molecule has 0 saturated carbocycles. The van der Waals surface area contributed by atoms with Crippen LogP contribution in [0, 0.1) is 0 Å². The van der Waals surface area contributed by atoms with E-state index in [1.165, 1.54) is 5.56 Å². The summed E-state index contributed by atoms with van der Waals surface area (Å²) in [4.78, 5) is 9.23. The topological polar surface area (TPSA) is 72.7 Å². The molecule has 7 nitrogen and oxygen atoms in total. The van der Waals surface area contributed by atoms with Gasteiger partial charge in [0.1, 0.15) is 5.82 Å². The molecule has 0 aliphatic heterocycles. The lowest BCUT2D eigenvalue weighted by Crippen LogP contribution is -2.31. The average Bonchev–Trinajstić information content (AvgIpc) is 3.22. The summed E-state index contributed by atoms with van der Waals surface area (Å²) >= 11 is 0. The first kappa shape index (κ1) is 25.5. The second-order valence-corrected chi connectivity index (χ2v) is 6.89. The molecule has 0 radical (unpaired) electrons. The number of nitrogens with zero attached hydrogens (tertiary/aromatic N) is 3. The van der Waals surface area contributed by atoms with Crippen LogP contribution in [0.3, 0.4) is 0 Å². The van der Waals surface area contributed by atoms with Gasteiger partial charge in [-0.05, 0) is 31.5 Å². The fraction of sp³-hybridized carbons (Fsp3) is 0.333. The van der Waals surface area contributed by atoms with Gasteiger partial charge in [-0.1, -0.05) is 30.3 Å². The Morgan fingerprint density at radius 3 is 2.62 bits per heavy atom. The predicted molar refractivity (Wildman–Crippen MR) is 141 cm³/mol. The molecule has 0 atom stereocenters. The number of hydrogen-bond acceptors (Lipinski definition) is 4. The molecule has 2 N–H and O–H groups in total. The molecule has 0 aliphatic rings. The van der Waals surface area contributed by atoms with Gasteiger partial charge in [-0.15, -0.1) is 24.0 Å². The highest BCUT2D eigenvalue weighted by atomic mass is 127. The van der Waals surface area contributed by atoms with Gasteiger partial charge >= 0.3 is 0 Å². The zero-order valence-electron chi connectivity index (χ0n) is 18.9. The monoisotopic (exact) mass is 549 g/mol. The summed E-state index contributed by atoms with van der Waals surface area (Å²) in [7, 11) is 1.64. The third-order valence-electron chi connectivity index (χ3n) is 4.67. The number of nitrogens with one attached hydrogen (secondary N) is 2. The molecule has 0 unspecified atom stereocenters. The summed E-state index contributed by atoms with van der Waals surface area (Å²) in [5.74, 6) is 3.15. The van der Waals surface area contributed by atoms with Crippen LogP contribution in [0.5, 0.6) is 11.5 Å². The lowest BCUT2D eigenvalue weighted by atomic mass is 10.2. The van der Waals surface area contributed by atoms with E-state index < -0.39 is 0 Å². The molecule has 0 spiro atoms. The van der Waals surface area contributed by atoms with Crippen molar-refractivity contribution in [1.82, 2.24) is 14.9 Å². The van der Waals surface area contributed by atoms with Crippen LogP contribution in [0.1, 0.15) is 25.2 Å². The van der Waals surface area contributed by atoms with Crippen molar-refractivity contribution in [3.05, 3.63) is 72.3 Å². The van der Waals surface area contributed by atoms with Gasteiger partial charge in [0.05, 0.1) is 13.7 Å². The van der Waals surface area contributed by atoms with Crippen molar-refractivity contribution in [3.63, 3.8) is 0 Å². The third-order valence-corrected chi connectivity index (χ3v) is 4.67. The van der Waals surface area contributed by atoms with Crippen molar-refractivity contribution in [2.45, 2.75) is 26.8 Å². The highest BCUT2D eigenvalue weighted by molar-refractivity contribution is 14.0.